The van der Waals surface area contributed by atoms with E-state index in [1.807, 2.05) is 12.1 Å². The van der Waals surface area contributed by atoms with Crippen LogP contribution in [0.5, 0.6) is 0 Å². The summed E-state index contributed by atoms with van der Waals surface area (Å²) in [5.74, 6) is -0.333. The molecule has 4 nitrogen and oxygen atoms in total. The molecule has 1 unspecified atom stereocenters. The average Bonchev–Trinajstić information content (AvgIpc) is 3.01. The number of hydrogen-bond acceptors (Lipinski definition) is 4. The number of ether oxygens (including phenoxy) is 1. The minimum atomic E-state index is -0.500. The number of benzene rings is 1. The molecule has 1 aliphatic rings. The first-order valence-corrected chi connectivity index (χ1v) is 8.70. The van der Waals surface area contributed by atoms with Gasteiger partial charge in [0.15, 0.2) is 5.78 Å². The highest BCUT2D eigenvalue weighted by Gasteiger charge is 2.24. The Morgan fingerprint density at radius 1 is 1.22 bits per heavy atom. The molecule has 0 heterocycles. The van der Waals surface area contributed by atoms with E-state index in [1.165, 1.54) is 11.1 Å². The molecule has 1 aromatic carbocycles. The number of hydrogen-bond donors (Lipinski definition) is 1. The normalized spacial score (nSPS) is 14.3. The highest BCUT2D eigenvalue weighted by molar-refractivity contribution is 6.02. The van der Waals surface area contributed by atoms with Crippen LogP contribution in [0.2, 0.25) is 0 Å². The van der Waals surface area contributed by atoms with Crippen molar-refractivity contribution < 1.29 is 14.3 Å². The molecule has 23 heavy (non-hydrogen) atoms. The summed E-state index contributed by atoms with van der Waals surface area (Å²) in [5, 5.41) is 3.23. The summed E-state index contributed by atoms with van der Waals surface area (Å²) in [4.78, 5) is 24.6. The maximum atomic E-state index is 12.8. The van der Waals surface area contributed by atoms with Crippen LogP contribution in [0.25, 0.3) is 0 Å². The van der Waals surface area contributed by atoms with Crippen LogP contribution >= 0.6 is 0 Å². The van der Waals surface area contributed by atoms with Gasteiger partial charge in [0.2, 0.25) is 0 Å². The summed E-state index contributed by atoms with van der Waals surface area (Å²) in [6.45, 7) is 4.95. The van der Waals surface area contributed by atoms with Gasteiger partial charge in [-0.25, -0.2) is 0 Å². The first-order chi connectivity index (χ1) is 11.2. The predicted molar refractivity (Wildman–Crippen MR) is 90.7 cm³/mol. The second kappa shape index (κ2) is 8.82. The van der Waals surface area contributed by atoms with Crippen LogP contribution in [-0.4, -0.2) is 30.9 Å². The lowest BCUT2D eigenvalue weighted by atomic mass is 9.98. The van der Waals surface area contributed by atoms with E-state index in [1.54, 1.807) is 6.92 Å². The molecule has 1 aromatic rings. The van der Waals surface area contributed by atoms with Crippen molar-refractivity contribution in [1.29, 1.82) is 0 Å². The molecule has 1 atom stereocenters. The third kappa shape index (κ3) is 4.90. The van der Waals surface area contributed by atoms with Gasteiger partial charge in [-0.05, 0) is 56.3 Å². The molecule has 0 aliphatic heterocycles. The van der Waals surface area contributed by atoms with Gasteiger partial charge in [0, 0.05) is 5.56 Å². The van der Waals surface area contributed by atoms with Gasteiger partial charge in [-0.15, -0.1) is 0 Å². The Hall–Kier alpha value is -1.68. The molecular weight excluding hydrogens is 290 g/mol. The van der Waals surface area contributed by atoms with Crippen molar-refractivity contribution in [2.45, 2.75) is 58.4 Å². The van der Waals surface area contributed by atoms with Gasteiger partial charge in [-0.1, -0.05) is 25.5 Å². The zero-order chi connectivity index (χ0) is 16.7. The second-order valence-electron chi connectivity index (χ2n) is 6.07. The van der Waals surface area contributed by atoms with Crippen LogP contribution in [0.4, 0.5) is 0 Å². The Kier molecular flexibility index (Phi) is 6.78. The number of ketones is 1. The van der Waals surface area contributed by atoms with Crippen molar-refractivity contribution in [1.82, 2.24) is 5.32 Å². The Morgan fingerprint density at radius 2 is 2.00 bits per heavy atom. The first-order valence-electron chi connectivity index (χ1n) is 8.70. The molecule has 4 heteroatoms. The third-order valence-corrected chi connectivity index (χ3v) is 4.30. The van der Waals surface area contributed by atoms with Crippen LogP contribution < -0.4 is 5.32 Å². The fraction of sp³-hybridized carbons (Fsp3) is 0.579. The van der Waals surface area contributed by atoms with Gasteiger partial charge >= 0.3 is 5.97 Å². The van der Waals surface area contributed by atoms with Gasteiger partial charge in [0.25, 0.3) is 0 Å². The Balaban J connectivity index is 2.09. The number of carbonyl (C=O) groups excluding carboxylic acids is 2. The van der Waals surface area contributed by atoms with Crippen molar-refractivity contribution in [2.75, 3.05) is 13.2 Å². The number of unbranched alkanes of at least 4 members (excludes halogenated alkanes) is 1. The number of aryl methyl sites for hydroxylation is 2. The summed E-state index contributed by atoms with van der Waals surface area (Å²) in [5.41, 5.74) is 3.32. The summed E-state index contributed by atoms with van der Waals surface area (Å²) in [6, 6.07) is 5.46. The molecule has 0 radical (unpaired) electrons. The lowest BCUT2D eigenvalue weighted by molar-refractivity contribution is -0.143. The number of esters is 1. The van der Waals surface area contributed by atoms with E-state index < -0.39 is 6.04 Å². The monoisotopic (exact) mass is 317 g/mol. The van der Waals surface area contributed by atoms with Crippen molar-refractivity contribution in [3.05, 3.63) is 34.9 Å². The zero-order valence-corrected chi connectivity index (χ0v) is 14.2. The number of Topliss-reactive ketones (excluding diaryl/α,β-unsaturated/α-hetero) is 1. The van der Waals surface area contributed by atoms with Gasteiger partial charge < -0.3 is 10.1 Å². The Labute approximate surface area is 138 Å². The van der Waals surface area contributed by atoms with Gasteiger partial charge in [-0.2, -0.15) is 0 Å². The van der Waals surface area contributed by atoms with E-state index >= 15 is 0 Å². The molecular formula is C19H27NO3. The van der Waals surface area contributed by atoms with Crippen LogP contribution in [0, 0.1) is 0 Å². The van der Waals surface area contributed by atoms with Gasteiger partial charge in [-0.3, -0.25) is 9.59 Å². The summed E-state index contributed by atoms with van der Waals surface area (Å²) in [7, 11) is 0. The summed E-state index contributed by atoms with van der Waals surface area (Å²) < 4.78 is 5.01. The molecule has 1 N–H and O–H groups in total. The van der Waals surface area contributed by atoms with Gasteiger partial charge in [0.1, 0.15) is 0 Å². The quantitative estimate of drug-likeness (QED) is 0.432. The standard InChI is InChI=1S/C19H27NO3/c1-3-5-11-20-17(13-18(21)23-4-2)19(22)16-10-9-14-7-6-8-15(14)12-16/h9-10,12,17,20H,3-8,11,13H2,1-2H3. The van der Waals surface area contributed by atoms with Gasteiger partial charge in [0.05, 0.1) is 19.1 Å². The van der Waals surface area contributed by atoms with E-state index in [0.29, 0.717) is 12.2 Å². The lowest BCUT2D eigenvalue weighted by Gasteiger charge is -2.17. The number of carbonyl (C=O) groups is 2. The van der Waals surface area contributed by atoms with Crippen LogP contribution in [0.3, 0.4) is 0 Å². The van der Waals surface area contributed by atoms with E-state index in [0.717, 1.165) is 38.6 Å². The number of rotatable bonds is 9. The molecule has 0 amide bonds. The predicted octanol–water partition coefficient (Wildman–Crippen LogP) is 3.07. The third-order valence-electron chi connectivity index (χ3n) is 4.30. The van der Waals surface area contributed by atoms with Crippen molar-refractivity contribution in [3.63, 3.8) is 0 Å². The maximum absolute atomic E-state index is 12.8. The largest absolute Gasteiger partial charge is 0.466 e. The average molecular weight is 317 g/mol. The van der Waals surface area contributed by atoms with Crippen LogP contribution in [0.1, 0.15) is 61.0 Å². The van der Waals surface area contributed by atoms with E-state index in [-0.39, 0.29) is 18.2 Å². The molecule has 0 saturated heterocycles. The minimum absolute atomic E-state index is 0.0103. The van der Waals surface area contributed by atoms with E-state index in [4.69, 9.17) is 4.74 Å². The first kappa shape index (κ1) is 17.7. The number of nitrogens with one attached hydrogen (secondary N) is 1. The maximum Gasteiger partial charge on any atom is 0.307 e. The molecule has 0 aromatic heterocycles. The topological polar surface area (TPSA) is 55.4 Å². The molecule has 0 spiro atoms. The van der Waals surface area contributed by atoms with E-state index in [9.17, 15) is 9.59 Å². The van der Waals surface area contributed by atoms with E-state index in [2.05, 4.69) is 18.3 Å². The zero-order valence-electron chi connectivity index (χ0n) is 14.2. The van der Waals surface area contributed by atoms with Crippen LogP contribution in [0.15, 0.2) is 18.2 Å². The van der Waals surface area contributed by atoms with Crippen LogP contribution in [-0.2, 0) is 22.4 Å². The number of fused-ring (bicyclic) bond motifs is 1. The summed E-state index contributed by atoms with van der Waals surface area (Å²) in [6.07, 6.45) is 5.43. The smallest absolute Gasteiger partial charge is 0.307 e. The Morgan fingerprint density at radius 3 is 2.74 bits per heavy atom. The highest BCUT2D eigenvalue weighted by Crippen LogP contribution is 2.23. The molecule has 0 fully saturated rings. The second-order valence-corrected chi connectivity index (χ2v) is 6.07. The Bertz CT molecular complexity index is 554. The van der Waals surface area contributed by atoms with Crippen molar-refractivity contribution >= 4 is 11.8 Å². The molecule has 0 saturated carbocycles. The van der Waals surface area contributed by atoms with Crippen molar-refractivity contribution in [2.24, 2.45) is 0 Å². The molecule has 126 valence electrons. The SMILES string of the molecule is CCCCNC(CC(=O)OCC)C(=O)c1ccc2c(c1)CCC2. The molecule has 0 bridgehead atoms. The highest BCUT2D eigenvalue weighted by atomic mass is 16.5. The molecule has 1 aliphatic carbocycles. The fourth-order valence-electron chi connectivity index (χ4n) is 3.02. The minimum Gasteiger partial charge on any atom is -0.466 e. The fourth-order valence-corrected chi connectivity index (χ4v) is 3.02. The van der Waals surface area contributed by atoms with Crippen molar-refractivity contribution in [3.8, 4) is 0 Å². The molecule has 2 rings (SSSR count). The summed E-state index contributed by atoms with van der Waals surface area (Å²) >= 11 is 0. The lowest BCUT2D eigenvalue weighted by Crippen LogP contribution is -2.39.